The van der Waals surface area contributed by atoms with Crippen LogP contribution in [-0.2, 0) is 39.1 Å². The van der Waals surface area contributed by atoms with E-state index in [1.165, 1.54) is 5.38 Å². The highest BCUT2D eigenvalue weighted by Gasteiger charge is 2.58. The summed E-state index contributed by atoms with van der Waals surface area (Å²) in [5.41, 5.74) is -0.454. The van der Waals surface area contributed by atoms with Gasteiger partial charge in [-0.05, 0) is 6.42 Å². The Bertz CT molecular complexity index is 1040. The summed E-state index contributed by atoms with van der Waals surface area (Å²) in [5, 5.41) is 9.71. The molecule has 0 bridgehead atoms. The molecule has 0 radical (unpaired) electrons. The van der Waals surface area contributed by atoms with E-state index in [9.17, 15) is 27.6 Å². The highest BCUT2D eigenvalue weighted by molar-refractivity contribution is 7.84. The quantitative estimate of drug-likeness (QED) is 0.0675. The number of oxime groups is 1. The van der Waals surface area contributed by atoms with E-state index in [1.54, 1.807) is 6.92 Å². The molecular weight excluding hydrogens is 494 g/mol. The minimum atomic E-state index is -5.07. The predicted octanol–water partition coefficient (Wildman–Crippen LogP) is -0.877. The fraction of sp³-hybridized carbons (Fsp3) is 0.467. The zero-order valence-corrected chi connectivity index (χ0v) is 19.0. The third-order valence-corrected chi connectivity index (χ3v) is 5.72. The molecule has 3 amide bonds. The van der Waals surface area contributed by atoms with Gasteiger partial charge in [-0.2, -0.15) is 12.7 Å². The molecule has 0 aliphatic carbocycles. The number of nitrogens with one attached hydrogen (secondary N) is 2. The second kappa shape index (κ2) is 10.7. The zero-order valence-electron chi connectivity index (χ0n) is 16.6. The van der Waals surface area contributed by atoms with Gasteiger partial charge in [0.25, 0.3) is 11.8 Å². The van der Waals surface area contributed by atoms with E-state index in [1.807, 2.05) is 0 Å². The van der Waals surface area contributed by atoms with Crippen LogP contribution in [0.15, 0.2) is 10.5 Å². The Morgan fingerprint density at radius 1 is 1.41 bits per heavy atom. The number of aromatic nitrogens is 1. The average Bonchev–Trinajstić information content (AvgIpc) is 3.19. The van der Waals surface area contributed by atoms with E-state index in [-0.39, 0.29) is 27.6 Å². The number of ether oxygens (including phenoxy) is 1. The van der Waals surface area contributed by atoms with Crippen molar-refractivity contribution in [2.24, 2.45) is 5.16 Å². The molecule has 0 saturated carbocycles. The largest absolute Gasteiger partial charge is 0.467 e. The molecule has 1 aromatic heterocycles. The smallest absolute Gasteiger partial charge is 0.363 e. The lowest BCUT2D eigenvalue weighted by atomic mass is 9.98. The Kier molecular flexibility index (Phi) is 8.48. The molecule has 1 saturated heterocycles. The minimum Gasteiger partial charge on any atom is -0.467 e. The molecule has 32 heavy (non-hydrogen) atoms. The molecule has 2 heterocycles. The Morgan fingerprint density at radius 3 is 2.66 bits per heavy atom. The number of alkyl halides is 1. The van der Waals surface area contributed by atoms with Gasteiger partial charge in [0.1, 0.15) is 24.2 Å². The van der Waals surface area contributed by atoms with Crippen LogP contribution in [0.3, 0.4) is 0 Å². The molecule has 3 N–H and O–H groups in total. The van der Waals surface area contributed by atoms with E-state index in [4.69, 9.17) is 21.0 Å². The van der Waals surface area contributed by atoms with Gasteiger partial charge in [-0.3, -0.25) is 18.9 Å². The lowest BCUT2D eigenvalue weighted by molar-refractivity contribution is -0.162. The van der Waals surface area contributed by atoms with Crippen LogP contribution in [0.4, 0.5) is 5.13 Å². The summed E-state index contributed by atoms with van der Waals surface area (Å²) >= 11 is 6.37. The molecule has 0 aromatic carbocycles. The second-order valence-electron chi connectivity index (χ2n) is 6.02. The Labute approximate surface area is 190 Å². The van der Waals surface area contributed by atoms with Crippen LogP contribution in [0, 0.1) is 0 Å². The van der Waals surface area contributed by atoms with Gasteiger partial charge < -0.3 is 20.2 Å². The summed E-state index contributed by atoms with van der Waals surface area (Å²) in [6, 6.07) is -3.49. The first kappa shape index (κ1) is 25.4. The first-order chi connectivity index (χ1) is 15.0. The van der Waals surface area contributed by atoms with E-state index in [2.05, 4.69) is 25.5 Å². The molecule has 1 aromatic rings. The summed E-state index contributed by atoms with van der Waals surface area (Å²) in [4.78, 5) is 57.3. The lowest BCUT2D eigenvalue weighted by Gasteiger charge is -2.41. The number of carbonyl (C=O) groups excluding carboxylic acids is 4. The molecule has 0 spiro atoms. The topological polar surface area (TPSA) is 194 Å². The third-order valence-electron chi connectivity index (χ3n) is 3.81. The van der Waals surface area contributed by atoms with Gasteiger partial charge in [-0.25, -0.2) is 9.78 Å². The van der Waals surface area contributed by atoms with Crippen molar-refractivity contribution >= 4 is 67.8 Å². The molecule has 17 heteroatoms. The van der Waals surface area contributed by atoms with Crippen molar-refractivity contribution < 1.29 is 41.7 Å². The summed E-state index contributed by atoms with van der Waals surface area (Å²) in [5.74, 6) is -4.35. The van der Waals surface area contributed by atoms with Crippen molar-refractivity contribution in [1.29, 1.82) is 0 Å². The molecule has 14 nitrogen and oxygen atoms in total. The van der Waals surface area contributed by atoms with Crippen molar-refractivity contribution in [3.05, 3.63) is 11.1 Å². The molecular formula is C15H18ClN5O9S2. The van der Waals surface area contributed by atoms with Gasteiger partial charge in [0.05, 0.1) is 7.11 Å². The number of carbonyl (C=O) groups is 4. The highest BCUT2D eigenvalue weighted by Crippen LogP contribution is 2.25. The van der Waals surface area contributed by atoms with Crippen LogP contribution in [0.2, 0.25) is 0 Å². The lowest BCUT2D eigenvalue weighted by Crippen LogP contribution is -2.74. The number of anilines is 1. The van der Waals surface area contributed by atoms with E-state index >= 15 is 0 Å². The van der Waals surface area contributed by atoms with Crippen LogP contribution in [-0.4, -0.2) is 83.3 Å². The number of hydrogen-bond donors (Lipinski definition) is 3. The van der Waals surface area contributed by atoms with Crippen molar-refractivity contribution in [3.63, 3.8) is 0 Å². The standard InChI is InChI=1S/C15H18ClN5O9S2/c1-3-4-30-20-9(7-6-31-15(17-7)18-8(22)5-16)12(23)19-10-11(14(25)29-2)21(13(10)24)32(26,27)28/h6,10-11H,3-5H2,1-2H3,(H,19,23)(H,17,18,22)(H,26,27,28)/b20-9-. The first-order valence-corrected chi connectivity index (χ1v) is 11.6. The normalized spacial score (nSPS) is 18.6. The van der Waals surface area contributed by atoms with E-state index < -0.39 is 51.8 Å². The number of rotatable bonds is 10. The summed E-state index contributed by atoms with van der Waals surface area (Å²) in [7, 11) is -4.14. The number of β-lactam (4-membered cyclic amide) rings is 1. The molecule has 2 rings (SSSR count). The number of thiazole rings is 1. The van der Waals surface area contributed by atoms with Gasteiger partial charge in [0.2, 0.25) is 5.91 Å². The number of methoxy groups -OCH3 is 1. The van der Waals surface area contributed by atoms with Crippen LogP contribution < -0.4 is 10.6 Å². The number of halogens is 1. The summed E-state index contributed by atoms with van der Waals surface area (Å²) < 4.78 is 36.2. The number of amides is 3. The maximum atomic E-state index is 12.8. The number of nitrogens with zero attached hydrogens (tertiary/aromatic N) is 3. The zero-order chi connectivity index (χ0) is 24.1. The highest BCUT2D eigenvalue weighted by atomic mass is 35.5. The number of esters is 1. The Balaban J connectivity index is 2.29. The van der Waals surface area contributed by atoms with Gasteiger partial charge in [0.15, 0.2) is 16.9 Å². The van der Waals surface area contributed by atoms with Crippen LogP contribution in [0.1, 0.15) is 19.0 Å². The summed E-state index contributed by atoms with van der Waals surface area (Å²) in [6.45, 7) is 1.93. The molecule has 1 aliphatic rings. The Morgan fingerprint density at radius 2 is 2.09 bits per heavy atom. The van der Waals surface area contributed by atoms with Gasteiger partial charge in [-0.15, -0.1) is 22.9 Å². The van der Waals surface area contributed by atoms with Crippen molar-refractivity contribution in [2.45, 2.75) is 25.4 Å². The van der Waals surface area contributed by atoms with Crippen molar-refractivity contribution in [2.75, 3.05) is 24.9 Å². The fourth-order valence-corrected chi connectivity index (χ4v) is 4.04. The predicted molar refractivity (Wildman–Crippen MR) is 110 cm³/mol. The van der Waals surface area contributed by atoms with Crippen LogP contribution in [0.25, 0.3) is 0 Å². The second-order valence-corrected chi connectivity index (χ2v) is 8.44. The van der Waals surface area contributed by atoms with E-state index in [0.717, 1.165) is 18.4 Å². The maximum Gasteiger partial charge on any atom is 0.363 e. The monoisotopic (exact) mass is 511 g/mol. The van der Waals surface area contributed by atoms with Gasteiger partial charge in [-0.1, -0.05) is 12.1 Å². The summed E-state index contributed by atoms with van der Waals surface area (Å²) in [6.07, 6.45) is 0.557. The average molecular weight is 512 g/mol. The molecule has 1 fully saturated rings. The molecule has 2 atom stereocenters. The van der Waals surface area contributed by atoms with Crippen LogP contribution in [0.5, 0.6) is 0 Å². The molecule has 2 unspecified atom stereocenters. The minimum absolute atomic E-state index is 0.0403. The maximum absolute atomic E-state index is 12.8. The fourth-order valence-electron chi connectivity index (χ4n) is 2.42. The molecule has 1 aliphatic heterocycles. The van der Waals surface area contributed by atoms with Gasteiger partial charge in [0, 0.05) is 5.38 Å². The van der Waals surface area contributed by atoms with E-state index in [0.29, 0.717) is 6.42 Å². The molecule has 176 valence electrons. The SMILES string of the molecule is CCCO/N=C(\C(=O)NC1C(=O)N(S(=O)(=O)O)C1C(=O)OC)c1csc(NC(=O)CCl)n1. The Hall–Kier alpha value is -2.82. The van der Waals surface area contributed by atoms with Gasteiger partial charge >= 0.3 is 16.3 Å². The van der Waals surface area contributed by atoms with Crippen molar-refractivity contribution in [1.82, 2.24) is 14.6 Å². The van der Waals surface area contributed by atoms with Crippen molar-refractivity contribution in [3.8, 4) is 0 Å². The third kappa shape index (κ3) is 5.70. The number of hydrogen-bond acceptors (Lipinski definition) is 11. The van der Waals surface area contributed by atoms with Crippen LogP contribution >= 0.6 is 22.9 Å². The first-order valence-electron chi connectivity index (χ1n) is 8.76.